The third-order valence-electron chi connectivity index (χ3n) is 2.74. The molecule has 1 aromatic rings. The monoisotopic (exact) mass is 293 g/mol. The lowest BCUT2D eigenvalue weighted by Crippen LogP contribution is -2.46. The summed E-state index contributed by atoms with van der Waals surface area (Å²) in [5.74, 6) is -1.23. The van der Waals surface area contributed by atoms with E-state index in [1.807, 2.05) is 13.8 Å². The minimum Gasteiger partial charge on any atom is -0.463 e. The van der Waals surface area contributed by atoms with E-state index in [1.54, 1.807) is 0 Å². The number of aryl methyl sites for hydroxylation is 1. The highest BCUT2D eigenvalue weighted by molar-refractivity contribution is 5.77. The molecule has 114 valence electrons. The van der Waals surface area contributed by atoms with Gasteiger partial charge >= 0.3 is 6.18 Å². The summed E-state index contributed by atoms with van der Waals surface area (Å²) >= 11 is 0. The summed E-state index contributed by atoms with van der Waals surface area (Å²) in [5, 5.41) is 12.2. The van der Waals surface area contributed by atoms with E-state index in [2.05, 4.69) is 5.32 Å². The molecule has 0 aliphatic heterocycles. The van der Waals surface area contributed by atoms with Crippen molar-refractivity contribution >= 4 is 5.91 Å². The van der Waals surface area contributed by atoms with Crippen molar-refractivity contribution in [1.82, 2.24) is 5.32 Å². The quantitative estimate of drug-likeness (QED) is 0.876. The SMILES string of the molecule is Cc1ccc(C(O)(CC(=O)NCC(C)C)C(F)(F)F)o1. The fraction of sp³-hybridized carbons (Fsp3) is 0.615. The van der Waals surface area contributed by atoms with Crippen LogP contribution in [0.25, 0.3) is 0 Å². The van der Waals surface area contributed by atoms with Gasteiger partial charge in [0.05, 0.1) is 6.42 Å². The van der Waals surface area contributed by atoms with Crippen LogP contribution in [0.4, 0.5) is 13.2 Å². The van der Waals surface area contributed by atoms with E-state index in [0.29, 0.717) is 0 Å². The first-order valence-electron chi connectivity index (χ1n) is 6.19. The molecule has 1 atom stereocenters. The Bertz CT molecular complexity index is 468. The van der Waals surface area contributed by atoms with Gasteiger partial charge in [-0.15, -0.1) is 0 Å². The third-order valence-corrected chi connectivity index (χ3v) is 2.74. The number of hydrogen-bond acceptors (Lipinski definition) is 3. The van der Waals surface area contributed by atoms with Crippen molar-refractivity contribution in [3.8, 4) is 0 Å². The molecule has 0 saturated carbocycles. The zero-order chi connectivity index (χ0) is 15.6. The highest BCUT2D eigenvalue weighted by Gasteiger charge is 2.58. The molecular formula is C13H18F3NO3. The van der Waals surface area contributed by atoms with Gasteiger partial charge in [0.1, 0.15) is 11.5 Å². The molecular weight excluding hydrogens is 275 g/mol. The fourth-order valence-corrected chi connectivity index (χ4v) is 1.60. The Labute approximate surface area is 115 Å². The van der Waals surface area contributed by atoms with Gasteiger partial charge in [0.25, 0.3) is 0 Å². The Morgan fingerprint density at radius 2 is 2.00 bits per heavy atom. The van der Waals surface area contributed by atoms with Crippen molar-refractivity contribution in [2.45, 2.75) is 39.0 Å². The molecule has 1 rings (SSSR count). The van der Waals surface area contributed by atoms with E-state index in [0.717, 1.165) is 6.07 Å². The molecule has 2 N–H and O–H groups in total. The summed E-state index contributed by atoms with van der Waals surface area (Å²) in [6.07, 6.45) is -6.14. The number of aliphatic hydroxyl groups is 1. The van der Waals surface area contributed by atoms with Crippen LogP contribution >= 0.6 is 0 Å². The smallest absolute Gasteiger partial charge is 0.425 e. The topological polar surface area (TPSA) is 62.5 Å². The van der Waals surface area contributed by atoms with E-state index in [9.17, 15) is 23.1 Å². The van der Waals surface area contributed by atoms with Gasteiger partial charge in [-0.2, -0.15) is 13.2 Å². The van der Waals surface area contributed by atoms with Gasteiger partial charge in [-0.25, -0.2) is 0 Å². The van der Waals surface area contributed by atoms with Crippen molar-refractivity contribution < 1.29 is 27.5 Å². The Balaban J connectivity index is 2.94. The van der Waals surface area contributed by atoms with Crippen LogP contribution in [-0.2, 0) is 10.4 Å². The number of alkyl halides is 3. The molecule has 1 unspecified atom stereocenters. The first-order chi connectivity index (χ1) is 9.06. The molecule has 0 aliphatic carbocycles. The van der Waals surface area contributed by atoms with Crippen molar-refractivity contribution in [1.29, 1.82) is 0 Å². The maximum absolute atomic E-state index is 13.1. The molecule has 0 spiro atoms. The maximum atomic E-state index is 13.1. The number of amides is 1. The van der Waals surface area contributed by atoms with Crippen LogP contribution in [-0.4, -0.2) is 23.7 Å². The Morgan fingerprint density at radius 1 is 1.40 bits per heavy atom. The molecule has 0 aromatic carbocycles. The largest absolute Gasteiger partial charge is 0.463 e. The van der Waals surface area contributed by atoms with Gasteiger partial charge < -0.3 is 14.8 Å². The average Bonchev–Trinajstić information content (AvgIpc) is 2.72. The lowest BCUT2D eigenvalue weighted by Gasteiger charge is -2.28. The summed E-state index contributed by atoms with van der Waals surface area (Å²) in [4.78, 5) is 11.6. The number of carbonyl (C=O) groups is 1. The van der Waals surface area contributed by atoms with Gasteiger partial charge in [0, 0.05) is 6.54 Å². The average molecular weight is 293 g/mol. The van der Waals surface area contributed by atoms with Crippen LogP contribution in [0, 0.1) is 12.8 Å². The van der Waals surface area contributed by atoms with Crippen LogP contribution in [0.1, 0.15) is 31.8 Å². The van der Waals surface area contributed by atoms with E-state index >= 15 is 0 Å². The van der Waals surface area contributed by atoms with E-state index in [-0.39, 0.29) is 18.2 Å². The highest BCUT2D eigenvalue weighted by Crippen LogP contribution is 2.42. The molecule has 1 aromatic heterocycles. The Hall–Kier alpha value is -1.50. The first-order valence-corrected chi connectivity index (χ1v) is 6.19. The molecule has 0 bridgehead atoms. The number of carbonyl (C=O) groups excluding carboxylic acids is 1. The van der Waals surface area contributed by atoms with Crippen LogP contribution in [0.15, 0.2) is 16.5 Å². The summed E-state index contributed by atoms with van der Waals surface area (Å²) in [6.45, 7) is 5.32. The van der Waals surface area contributed by atoms with Crippen LogP contribution in [0.3, 0.4) is 0 Å². The van der Waals surface area contributed by atoms with Crippen LogP contribution in [0.5, 0.6) is 0 Å². The Morgan fingerprint density at radius 3 is 2.40 bits per heavy atom. The van der Waals surface area contributed by atoms with E-state index in [4.69, 9.17) is 4.42 Å². The summed E-state index contributed by atoms with van der Waals surface area (Å²) < 4.78 is 44.1. The molecule has 1 amide bonds. The van der Waals surface area contributed by atoms with Crippen molar-refractivity contribution in [2.75, 3.05) is 6.54 Å². The standard InChI is InChI=1S/C13H18F3NO3/c1-8(2)7-17-11(18)6-12(19,13(14,15)16)10-5-4-9(3)20-10/h4-5,8,19H,6-7H2,1-3H3,(H,17,18). The van der Waals surface area contributed by atoms with Crippen molar-refractivity contribution in [2.24, 2.45) is 5.92 Å². The minimum absolute atomic E-state index is 0.101. The van der Waals surface area contributed by atoms with Crippen LogP contribution in [0.2, 0.25) is 0 Å². The number of furan rings is 1. The number of hydrogen-bond donors (Lipinski definition) is 2. The molecule has 7 heteroatoms. The normalized spacial score (nSPS) is 15.2. The predicted octanol–water partition coefficient (Wildman–Crippen LogP) is 2.50. The number of halogens is 3. The lowest BCUT2D eigenvalue weighted by atomic mass is 9.95. The lowest BCUT2D eigenvalue weighted by molar-refractivity contribution is -0.273. The zero-order valence-electron chi connectivity index (χ0n) is 11.5. The van der Waals surface area contributed by atoms with Crippen molar-refractivity contribution in [3.63, 3.8) is 0 Å². The molecule has 0 radical (unpaired) electrons. The second-order valence-electron chi connectivity index (χ2n) is 5.14. The highest BCUT2D eigenvalue weighted by atomic mass is 19.4. The predicted molar refractivity (Wildman–Crippen MR) is 65.9 cm³/mol. The first kappa shape index (κ1) is 16.6. The van der Waals surface area contributed by atoms with E-state index < -0.39 is 29.9 Å². The molecule has 0 fully saturated rings. The van der Waals surface area contributed by atoms with E-state index in [1.165, 1.54) is 13.0 Å². The maximum Gasteiger partial charge on any atom is 0.425 e. The number of nitrogens with one attached hydrogen (secondary N) is 1. The summed E-state index contributed by atoms with van der Waals surface area (Å²) in [5.41, 5.74) is -3.32. The Kier molecular flexibility index (Phi) is 4.86. The number of rotatable bonds is 5. The molecule has 0 saturated heterocycles. The second kappa shape index (κ2) is 5.87. The van der Waals surface area contributed by atoms with Gasteiger partial charge in [-0.3, -0.25) is 4.79 Å². The van der Waals surface area contributed by atoms with Crippen LogP contribution < -0.4 is 5.32 Å². The third kappa shape index (κ3) is 3.75. The molecule has 1 heterocycles. The van der Waals surface area contributed by atoms with Crippen molar-refractivity contribution in [3.05, 3.63) is 23.7 Å². The van der Waals surface area contributed by atoms with Gasteiger partial charge in [0.2, 0.25) is 11.5 Å². The minimum atomic E-state index is -5.01. The zero-order valence-corrected chi connectivity index (χ0v) is 11.5. The summed E-state index contributed by atoms with van der Waals surface area (Å²) in [6, 6.07) is 2.33. The van der Waals surface area contributed by atoms with Gasteiger partial charge in [-0.05, 0) is 25.0 Å². The molecule has 0 aliphatic rings. The second-order valence-corrected chi connectivity index (χ2v) is 5.14. The molecule has 20 heavy (non-hydrogen) atoms. The fourth-order valence-electron chi connectivity index (χ4n) is 1.60. The van der Waals surface area contributed by atoms with Gasteiger partial charge in [0.15, 0.2) is 0 Å². The van der Waals surface area contributed by atoms with Gasteiger partial charge in [-0.1, -0.05) is 13.8 Å². The summed E-state index contributed by atoms with van der Waals surface area (Å²) in [7, 11) is 0. The molecule has 4 nitrogen and oxygen atoms in total.